The number of hydrogen-bond acceptors (Lipinski definition) is 9. The third-order valence-electron chi connectivity index (χ3n) is 6.01. The smallest absolute Gasteiger partial charge is 0.321 e. The Balaban J connectivity index is 1.72. The van der Waals surface area contributed by atoms with Crippen LogP contribution in [0.3, 0.4) is 0 Å². The zero-order valence-corrected chi connectivity index (χ0v) is 23.8. The van der Waals surface area contributed by atoms with E-state index in [0.29, 0.717) is 60.6 Å². The minimum absolute atomic E-state index is 0.0104. The number of oxazole rings is 1. The predicted molar refractivity (Wildman–Crippen MR) is 147 cm³/mol. The Hall–Kier alpha value is -3.60. The number of hydrogen-bond donors (Lipinski definition) is 3. The van der Waals surface area contributed by atoms with Crippen molar-refractivity contribution in [2.75, 3.05) is 29.5 Å². The normalized spacial score (nSPS) is 12.0. The molecular formula is C25H32N4O10S2. The second-order valence-corrected chi connectivity index (χ2v) is 12.4. The lowest BCUT2D eigenvalue weighted by molar-refractivity contribution is -0.696. The molecule has 2 heterocycles. The van der Waals surface area contributed by atoms with Gasteiger partial charge in [0.2, 0.25) is 5.89 Å². The highest BCUT2D eigenvalue weighted by molar-refractivity contribution is 7.85. The van der Waals surface area contributed by atoms with Crippen molar-refractivity contribution >= 4 is 49.0 Å². The molecule has 3 N–H and O–H groups in total. The number of aliphatic carboxylic acids is 1. The first-order chi connectivity index (χ1) is 19.3. The molecule has 0 fully saturated rings. The minimum atomic E-state index is -4.27. The van der Waals surface area contributed by atoms with Gasteiger partial charge in [0.15, 0.2) is 18.0 Å². The van der Waals surface area contributed by atoms with Crippen molar-refractivity contribution in [1.29, 1.82) is 0 Å². The van der Waals surface area contributed by atoms with E-state index in [1.54, 1.807) is 47.3 Å². The molecule has 0 atom stereocenters. The highest BCUT2D eigenvalue weighted by atomic mass is 32.2. The number of carbonyl (C=O) groups is 2. The fourth-order valence-corrected chi connectivity index (χ4v) is 4.98. The minimum Gasteiger partial charge on any atom is -0.748 e. The van der Waals surface area contributed by atoms with Crippen LogP contribution in [0.25, 0.3) is 22.6 Å². The van der Waals surface area contributed by atoms with Crippen molar-refractivity contribution in [3.05, 3.63) is 42.7 Å². The molecule has 0 bridgehead atoms. The molecule has 0 aliphatic heterocycles. The maximum atomic E-state index is 13.0. The second kappa shape index (κ2) is 14.3. The largest absolute Gasteiger partial charge is 0.748 e. The van der Waals surface area contributed by atoms with Gasteiger partial charge >= 0.3 is 12.0 Å². The first-order valence-corrected chi connectivity index (χ1v) is 16.1. The van der Waals surface area contributed by atoms with Crippen LogP contribution in [0.4, 0.5) is 10.5 Å². The number of unbranched alkanes of at least 4 members (excludes halogenated alkanes) is 2. The quantitative estimate of drug-likeness (QED) is 0.121. The van der Waals surface area contributed by atoms with Gasteiger partial charge in [-0.25, -0.2) is 22.8 Å². The van der Waals surface area contributed by atoms with Gasteiger partial charge in [-0.3, -0.25) is 14.2 Å². The first-order valence-electron chi connectivity index (χ1n) is 12.9. The molecule has 41 heavy (non-hydrogen) atoms. The number of aryl methyl sites for hydroxylation is 1. The molecule has 14 nitrogen and oxygen atoms in total. The van der Waals surface area contributed by atoms with E-state index in [9.17, 15) is 31.0 Å². The van der Waals surface area contributed by atoms with Crippen molar-refractivity contribution in [3.63, 3.8) is 0 Å². The highest BCUT2D eigenvalue weighted by Crippen LogP contribution is 2.27. The van der Waals surface area contributed by atoms with E-state index in [4.69, 9.17) is 14.1 Å². The van der Waals surface area contributed by atoms with Crippen LogP contribution < -0.4 is 14.8 Å². The summed E-state index contributed by atoms with van der Waals surface area (Å²) >= 11 is 0. The molecule has 0 radical (unpaired) electrons. The number of fused-ring (bicyclic) bond motifs is 1. The molecule has 1 aromatic carbocycles. The van der Waals surface area contributed by atoms with Crippen LogP contribution in [-0.4, -0.2) is 72.6 Å². The van der Waals surface area contributed by atoms with Gasteiger partial charge in [-0.2, -0.15) is 8.42 Å². The summed E-state index contributed by atoms with van der Waals surface area (Å²) in [7, 11) is -8.49. The summed E-state index contributed by atoms with van der Waals surface area (Å²) in [6, 6.07) is 7.84. The summed E-state index contributed by atoms with van der Waals surface area (Å²) < 4.78 is 71.5. The summed E-state index contributed by atoms with van der Waals surface area (Å²) in [5, 5.41) is 11.5. The Bertz CT molecular complexity index is 1550. The lowest BCUT2D eigenvalue weighted by Crippen LogP contribution is -2.41. The van der Waals surface area contributed by atoms with E-state index < -0.39 is 43.7 Å². The van der Waals surface area contributed by atoms with Crippen molar-refractivity contribution in [3.8, 4) is 11.5 Å². The van der Waals surface area contributed by atoms with Crippen molar-refractivity contribution < 1.29 is 49.6 Å². The average Bonchev–Trinajstić information content (AvgIpc) is 3.31. The highest BCUT2D eigenvalue weighted by Gasteiger charge is 2.19. The number of pyridine rings is 1. The number of urea groups is 1. The van der Waals surface area contributed by atoms with Crippen molar-refractivity contribution in [1.82, 2.24) is 10.3 Å². The molecule has 3 aromatic rings. The SMILES string of the molecule is O=C(O)CCCCCNC(=O)N(CCCS(=O)(=O)O)c1ccc2nc(-c3cc[n+](CCCS(=O)(=O)[O-])cc3)oc2c1. The number of carboxylic acids is 1. The van der Waals surface area contributed by atoms with E-state index in [1.165, 1.54) is 4.90 Å². The number of aromatic nitrogens is 2. The summed E-state index contributed by atoms with van der Waals surface area (Å²) in [4.78, 5) is 29.4. The number of nitrogens with zero attached hydrogens (tertiary/aromatic N) is 3. The number of rotatable bonds is 16. The van der Waals surface area contributed by atoms with Crippen LogP contribution >= 0.6 is 0 Å². The van der Waals surface area contributed by atoms with Gasteiger partial charge in [-0.05, 0) is 31.4 Å². The van der Waals surface area contributed by atoms with Gasteiger partial charge < -0.3 is 19.4 Å². The fourth-order valence-electron chi connectivity index (χ4n) is 4.00. The number of nitrogens with one attached hydrogen (secondary N) is 1. The topological polar surface area (TPSA) is 211 Å². The van der Waals surface area contributed by atoms with Crippen LogP contribution in [0.2, 0.25) is 0 Å². The molecule has 0 saturated carbocycles. The molecule has 16 heteroatoms. The van der Waals surface area contributed by atoms with Crippen LogP contribution in [0, 0.1) is 0 Å². The number of anilines is 1. The molecule has 3 rings (SSSR count). The van der Waals surface area contributed by atoms with Crippen LogP contribution in [0.15, 0.2) is 47.1 Å². The van der Waals surface area contributed by atoms with Gasteiger partial charge in [-0.1, -0.05) is 6.42 Å². The number of carboxylic acid groups (broad SMARTS) is 1. The van der Waals surface area contributed by atoms with Crippen molar-refractivity contribution in [2.45, 2.75) is 45.1 Å². The summed E-state index contributed by atoms with van der Waals surface area (Å²) in [5.41, 5.74) is 1.94. The molecule has 0 aliphatic rings. The Morgan fingerprint density at radius 3 is 2.39 bits per heavy atom. The van der Waals surface area contributed by atoms with Gasteiger partial charge in [0, 0.05) is 61.1 Å². The lowest BCUT2D eigenvalue weighted by atomic mass is 10.2. The molecular weight excluding hydrogens is 580 g/mol. The molecule has 2 aromatic heterocycles. The van der Waals surface area contributed by atoms with E-state index in [1.807, 2.05) is 0 Å². The van der Waals surface area contributed by atoms with E-state index in [-0.39, 0.29) is 25.8 Å². The predicted octanol–water partition coefficient (Wildman–Crippen LogP) is 2.16. The average molecular weight is 613 g/mol. The molecule has 0 saturated heterocycles. The third kappa shape index (κ3) is 11.1. The van der Waals surface area contributed by atoms with E-state index in [2.05, 4.69) is 10.3 Å². The number of amides is 2. The maximum Gasteiger partial charge on any atom is 0.321 e. The zero-order valence-electron chi connectivity index (χ0n) is 22.1. The van der Waals surface area contributed by atoms with Crippen LogP contribution in [-0.2, 0) is 31.6 Å². The Labute approximate surface area is 237 Å². The van der Waals surface area contributed by atoms with Crippen molar-refractivity contribution in [2.24, 2.45) is 0 Å². The second-order valence-electron chi connectivity index (χ2n) is 9.34. The third-order valence-corrected chi connectivity index (χ3v) is 7.60. The van der Waals surface area contributed by atoms with Crippen LogP contribution in [0.1, 0.15) is 38.5 Å². The number of carbonyl (C=O) groups excluding carboxylic acids is 1. The van der Waals surface area contributed by atoms with Gasteiger partial charge in [0.1, 0.15) is 12.1 Å². The van der Waals surface area contributed by atoms with E-state index in [0.717, 1.165) is 0 Å². The molecule has 0 aliphatic carbocycles. The Morgan fingerprint density at radius 1 is 1.00 bits per heavy atom. The summed E-state index contributed by atoms with van der Waals surface area (Å²) in [5.74, 6) is -1.56. The molecule has 2 amide bonds. The number of benzene rings is 1. The Morgan fingerprint density at radius 2 is 1.73 bits per heavy atom. The molecule has 0 unspecified atom stereocenters. The fraction of sp³-hybridized carbons (Fsp3) is 0.440. The lowest BCUT2D eigenvalue weighted by Gasteiger charge is -2.23. The first kappa shape index (κ1) is 31.9. The summed E-state index contributed by atoms with van der Waals surface area (Å²) in [6.07, 6.45) is 5.29. The van der Waals surface area contributed by atoms with Gasteiger partial charge in [0.05, 0.1) is 15.9 Å². The summed E-state index contributed by atoms with van der Waals surface area (Å²) in [6.45, 7) is 0.628. The Kier molecular flexibility index (Phi) is 11.2. The standard InChI is InChI=1S/C25H32N4O10S2/c30-23(31)6-2-1-3-11-26-25(32)29(13-5-17-41(36,37)38)20-7-8-21-22(18-20)39-24(27-21)19-9-14-28(15-10-19)12-4-16-40(33,34)35/h7-10,14-15,18H,1-6,11-13,16-17H2,(H3-,26,30,31,32,33,34,35,36,37,38). The monoisotopic (exact) mass is 612 g/mol. The zero-order chi connectivity index (χ0) is 30.0. The van der Waals surface area contributed by atoms with Gasteiger partial charge in [0.25, 0.3) is 10.1 Å². The van der Waals surface area contributed by atoms with Crippen LogP contribution in [0.5, 0.6) is 0 Å². The maximum absolute atomic E-state index is 13.0. The van der Waals surface area contributed by atoms with Gasteiger partial charge in [-0.15, -0.1) is 0 Å². The van der Waals surface area contributed by atoms with E-state index >= 15 is 0 Å². The molecule has 224 valence electrons. The molecule has 0 spiro atoms.